The number of carbonyl (C=O) groups excluding carboxylic acids is 1. The number of nitrogens with zero attached hydrogens (tertiary/aromatic N) is 1. The molecule has 2 rings (SSSR count). The van der Waals surface area contributed by atoms with Crippen LogP contribution in [0, 0.1) is 11.3 Å². The smallest absolute Gasteiger partial charge is 0.310 e. The van der Waals surface area contributed by atoms with Gasteiger partial charge in [-0.05, 0) is 44.6 Å². The second-order valence-corrected chi connectivity index (χ2v) is 6.65. The molecule has 2 N–H and O–H groups in total. The fourth-order valence-corrected chi connectivity index (χ4v) is 3.31. The molecule has 0 aromatic carbocycles. The lowest BCUT2D eigenvalue weighted by molar-refractivity contribution is -0.152. The van der Waals surface area contributed by atoms with Crippen molar-refractivity contribution in [3.63, 3.8) is 0 Å². The van der Waals surface area contributed by atoms with Crippen LogP contribution in [0.1, 0.15) is 52.4 Å². The first-order valence-corrected chi connectivity index (χ1v) is 8.25. The summed E-state index contributed by atoms with van der Waals surface area (Å²) >= 11 is 0. The van der Waals surface area contributed by atoms with Crippen LogP contribution in [0.5, 0.6) is 0 Å². The van der Waals surface area contributed by atoms with E-state index in [9.17, 15) is 14.7 Å². The average molecular weight is 296 g/mol. The fraction of sp³-hybridized carbons (Fsp3) is 0.875. The molecular formula is C16H28N2O3. The molecule has 1 heterocycles. The second kappa shape index (κ2) is 6.77. The van der Waals surface area contributed by atoms with Crippen LogP contribution in [0.2, 0.25) is 0 Å². The van der Waals surface area contributed by atoms with Gasteiger partial charge in [-0.1, -0.05) is 13.8 Å². The maximum atomic E-state index is 12.1. The molecule has 1 amide bonds. The van der Waals surface area contributed by atoms with Crippen LogP contribution in [0.15, 0.2) is 0 Å². The topological polar surface area (TPSA) is 69.6 Å². The Bertz CT molecular complexity index is 389. The normalized spacial score (nSPS) is 23.2. The molecule has 0 radical (unpaired) electrons. The van der Waals surface area contributed by atoms with Crippen molar-refractivity contribution in [1.29, 1.82) is 0 Å². The summed E-state index contributed by atoms with van der Waals surface area (Å²) in [4.78, 5) is 26.0. The predicted molar refractivity (Wildman–Crippen MR) is 81.0 cm³/mol. The minimum atomic E-state index is -0.903. The van der Waals surface area contributed by atoms with Crippen LogP contribution in [0.4, 0.5) is 0 Å². The number of amides is 1. The highest BCUT2D eigenvalue weighted by molar-refractivity contribution is 5.84. The standard InChI is InChI=1S/C16H28N2O3/c1-3-16(4-2,15(20)21)9-14(19)17-10-12-7-8-18(11-12)13-5-6-13/h12-13H,3-11H2,1-2H3,(H,17,19)(H,20,21). The van der Waals surface area contributed by atoms with Gasteiger partial charge in [0.2, 0.25) is 5.91 Å². The van der Waals surface area contributed by atoms with Gasteiger partial charge >= 0.3 is 5.97 Å². The Hall–Kier alpha value is -1.10. The Morgan fingerprint density at radius 1 is 1.24 bits per heavy atom. The van der Waals surface area contributed by atoms with E-state index in [0.717, 1.165) is 25.6 Å². The predicted octanol–water partition coefficient (Wildman–Crippen LogP) is 1.87. The Balaban J connectivity index is 1.75. The van der Waals surface area contributed by atoms with E-state index in [0.29, 0.717) is 25.3 Å². The maximum Gasteiger partial charge on any atom is 0.310 e. The van der Waals surface area contributed by atoms with Gasteiger partial charge in [0.1, 0.15) is 0 Å². The number of rotatable bonds is 8. The van der Waals surface area contributed by atoms with Gasteiger partial charge in [-0.15, -0.1) is 0 Å². The van der Waals surface area contributed by atoms with Crippen molar-refractivity contribution in [2.24, 2.45) is 11.3 Å². The molecule has 1 unspecified atom stereocenters. The molecule has 0 aromatic rings. The minimum absolute atomic E-state index is 0.0917. The number of nitrogens with one attached hydrogen (secondary N) is 1. The number of aliphatic carboxylic acids is 1. The molecule has 120 valence electrons. The van der Waals surface area contributed by atoms with Crippen LogP contribution in [0.3, 0.4) is 0 Å². The number of carboxylic acid groups (broad SMARTS) is 1. The van der Waals surface area contributed by atoms with Gasteiger partial charge in [-0.25, -0.2) is 0 Å². The second-order valence-electron chi connectivity index (χ2n) is 6.65. The Morgan fingerprint density at radius 3 is 2.43 bits per heavy atom. The van der Waals surface area contributed by atoms with Crippen molar-refractivity contribution in [1.82, 2.24) is 10.2 Å². The molecule has 2 aliphatic rings. The van der Waals surface area contributed by atoms with Gasteiger partial charge in [0.25, 0.3) is 0 Å². The molecule has 1 aliphatic carbocycles. The number of likely N-dealkylation sites (tertiary alicyclic amines) is 1. The zero-order valence-electron chi connectivity index (χ0n) is 13.2. The van der Waals surface area contributed by atoms with E-state index in [1.165, 1.54) is 12.8 Å². The van der Waals surface area contributed by atoms with Gasteiger partial charge in [0.15, 0.2) is 0 Å². The van der Waals surface area contributed by atoms with Gasteiger partial charge < -0.3 is 15.3 Å². The molecule has 5 nitrogen and oxygen atoms in total. The lowest BCUT2D eigenvalue weighted by Gasteiger charge is -2.26. The van der Waals surface area contributed by atoms with Crippen LogP contribution in [-0.4, -0.2) is 47.6 Å². The van der Waals surface area contributed by atoms with E-state index in [-0.39, 0.29) is 12.3 Å². The first kappa shape index (κ1) is 16.3. The van der Waals surface area contributed by atoms with E-state index in [2.05, 4.69) is 10.2 Å². The van der Waals surface area contributed by atoms with E-state index in [4.69, 9.17) is 0 Å². The molecule has 1 saturated heterocycles. The molecular weight excluding hydrogens is 268 g/mol. The average Bonchev–Trinajstić information content (AvgIpc) is 3.21. The first-order chi connectivity index (χ1) is 10.0. The number of hydrogen-bond donors (Lipinski definition) is 2. The summed E-state index contributed by atoms with van der Waals surface area (Å²) in [7, 11) is 0. The summed E-state index contributed by atoms with van der Waals surface area (Å²) < 4.78 is 0. The largest absolute Gasteiger partial charge is 0.481 e. The monoisotopic (exact) mass is 296 g/mol. The SMILES string of the molecule is CCC(CC)(CC(=O)NCC1CCN(C2CC2)C1)C(=O)O. The highest BCUT2D eigenvalue weighted by atomic mass is 16.4. The third kappa shape index (κ3) is 3.96. The number of hydrogen-bond acceptors (Lipinski definition) is 3. The highest BCUT2D eigenvalue weighted by Crippen LogP contribution is 2.32. The summed E-state index contributed by atoms with van der Waals surface area (Å²) in [6.07, 6.45) is 4.87. The van der Waals surface area contributed by atoms with E-state index >= 15 is 0 Å². The third-order valence-corrected chi connectivity index (χ3v) is 5.27. The van der Waals surface area contributed by atoms with Crippen molar-refractivity contribution >= 4 is 11.9 Å². The number of carboxylic acids is 1. The molecule has 5 heteroatoms. The van der Waals surface area contributed by atoms with Crippen LogP contribution in [0.25, 0.3) is 0 Å². The Morgan fingerprint density at radius 2 is 1.90 bits per heavy atom. The van der Waals surface area contributed by atoms with Crippen LogP contribution < -0.4 is 5.32 Å². The first-order valence-electron chi connectivity index (χ1n) is 8.25. The minimum Gasteiger partial charge on any atom is -0.481 e. The molecule has 1 atom stereocenters. The molecule has 2 fully saturated rings. The zero-order chi connectivity index (χ0) is 15.5. The van der Waals surface area contributed by atoms with Crippen LogP contribution >= 0.6 is 0 Å². The van der Waals surface area contributed by atoms with Gasteiger partial charge in [0.05, 0.1) is 5.41 Å². The molecule has 1 saturated carbocycles. The lowest BCUT2D eigenvalue weighted by atomic mass is 9.79. The van der Waals surface area contributed by atoms with E-state index in [1.807, 2.05) is 13.8 Å². The summed E-state index contributed by atoms with van der Waals surface area (Å²) in [5.74, 6) is -0.452. The highest BCUT2D eigenvalue weighted by Gasteiger charge is 2.38. The molecule has 21 heavy (non-hydrogen) atoms. The van der Waals surface area contributed by atoms with Gasteiger partial charge in [-0.3, -0.25) is 9.59 Å². The quantitative estimate of drug-likeness (QED) is 0.717. The third-order valence-electron chi connectivity index (χ3n) is 5.27. The van der Waals surface area contributed by atoms with Crippen LogP contribution in [-0.2, 0) is 9.59 Å². The van der Waals surface area contributed by atoms with Crippen molar-refractivity contribution in [2.45, 2.75) is 58.4 Å². The molecule has 0 spiro atoms. The van der Waals surface area contributed by atoms with Gasteiger partial charge in [-0.2, -0.15) is 0 Å². The fourth-order valence-electron chi connectivity index (χ4n) is 3.31. The Kier molecular flexibility index (Phi) is 5.25. The maximum absolute atomic E-state index is 12.1. The number of carbonyl (C=O) groups is 2. The Labute approximate surface area is 127 Å². The molecule has 1 aliphatic heterocycles. The molecule has 0 aromatic heterocycles. The van der Waals surface area contributed by atoms with Crippen molar-refractivity contribution in [3.05, 3.63) is 0 Å². The molecule has 0 bridgehead atoms. The lowest BCUT2D eigenvalue weighted by Crippen LogP contribution is -2.38. The van der Waals surface area contributed by atoms with Crippen molar-refractivity contribution < 1.29 is 14.7 Å². The zero-order valence-corrected chi connectivity index (χ0v) is 13.2. The van der Waals surface area contributed by atoms with E-state index < -0.39 is 11.4 Å². The summed E-state index contributed by atoms with van der Waals surface area (Å²) in [6.45, 7) is 6.60. The summed E-state index contributed by atoms with van der Waals surface area (Å²) in [6, 6.07) is 0.797. The van der Waals surface area contributed by atoms with Crippen molar-refractivity contribution in [3.8, 4) is 0 Å². The van der Waals surface area contributed by atoms with Gasteiger partial charge in [0, 0.05) is 25.6 Å². The van der Waals surface area contributed by atoms with E-state index in [1.54, 1.807) is 0 Å². The summed E-state index contributed by atoms with van der Waals surface area (Å²) in [5.41, 5.74) is -0.903. The van der Waals surface area contributed by atoms with Crippen molar-refractivity contribution in [2.75, 3.05) is 19.6 Å². The summed E-state index contributed by atoms with van der Waals surface area (Å²) in [5, 5.41) is 12.3.